The van der Waals surface area contributed by atoms with E-state index < -0.39 is 0 Å². The number of hydrogen-bond donors (Lipinski definition) is 3. The fraction of sp³-hybridized carbons (Fsp3) is 0.421. The standard InChI is InChI=1S/C19H24N4O4S/c1-2-27-16-6-4-3-5-15(16)22-18(26)12-28-19-20-9-14(11-24)23(19)10-17(25)21-13-7-8-13/h3-6,9,13,24H,2,7-8,10-12H2,1H3,(H,21,25)(H,22,26). The molecule has 3 rings (SSSR count). The van der Waals surface area contributed by atoms with Crippen molar-refractivity contribution in [2.75, 3.05) is 17.7 Å². The van der Waals surface area contributed by atoms with Gasteiger partial charge in [-0.1, -0.05) is 23.9 Å². The van der Waals surface area contributed by atoms with Gasteiger partial charge < -0.3 is 25.0 Å². The summed E-state index contributed by atoms with van der Waals surface area (Å²) < 4.78 is 7.15. The van der Waals surface area contributed by atoms with E-state index in [0.29, 0.717) is 28.9 Å². The van der Waals surface area contributed by atoms with E-state index >= 15 is 0 Å². The van der Waals surface area contributed by atoms with E-state index in [0.717, 1.165) is 12.8 Å². The number of nitrogens with zero attached hydrogens (tertiary/aromatic N) is 2. The third-order valence-electron chi connectivity index (χ3n) is 4.10. The Labute approximate surface area is 167 Å². The number of hydrogen-bond acceptors (Lipinski definition) is 6. The van der Waals surface area contributed by atoms with Gasteiger partial charge in [-0.3, -0.25) is 9.59 Å². The van der Waals surface area contributed by atoms with E-state index in [9.17, 15) is 14.7 Å². The fourth-order valence-electron chi connectivity index (χ4n) is 2.61. The second kappa shape index (κ2) is 9.61. The van der Waals surface area contributed by atoms with Crippen molar-refractivity contribution >= 4 is 29.3 Å². The van der Waals surface area contributed by atoms with E-state index in [-0.39, 0.29) is 36.8 Å². The SMILES string of the molecule is CCOc1ccccc1NC(=O)CSc1ncc(CO)n1CC(=O)NC1CC1. The van der Waals surface area contributed by atoms with Gasteiger partial charge in [-0.25, -0.2) is 4.98 Å². The summed E-state index contributed by atoms with van der Waals surface area (Å²) in [4.78, 5) is 28.7. The molecule has 0 atom stereocenters. The summed E-state index contributed by atoms with van der Waals surface area (Å²) >= 11 is 1.21. The number of aliphatic hydroxyl groups excluding tert-OH is 1. The van der Waals surface area contributed by atoms with Crippen molar-refractivity contribution < 1.29 is 19.4 Å². The van der Waals surface area contributed by atoms with Crippen LogP contribution >= 0.6 is 11.8 Å². The third kappa shape index (κ3) is 5.49. The molecule has 1 aromatic carbocycles. The highest BCUT2D eigenvalue weighted by molar-refractivity contribution is 7.99. The largest absolute Gasteiger partial charge is 0.492 e. The van der Waals surface area contributed by atoms with Crippen molar-refractivity contribution in [1.29, 1.82) is 0 Å². The highest BCUT2D eigenvalue weighted by Crippen LogP contribution is 2.25. The molecule has 2 amide bonds. The lowest BCUT2D eigenvalue weighted by molar-refractivity contribution is -0.122. The van der Waals surface area contributed by atoms with Crippen LogP contribution in [0.5, 0.6) is 5.75 Å². The summed E-state index contributed by atoms with van der Waals surface area (Å²) in [5, 5.41) is 15.8. The van der Waals surface area contributed by atoms with Gasteiger partial charge in [0, 0.05) is 6.04 Å². The molecular formula is C19H24N4O4S. The van der Waals surface area contributed by atoms with E-state index in [4.69, 9.17) is 4.74 Å². The monoisotopic (exact) mass is 404 g/mol. The van der Waals surface area contributed by atoms with Gasteiger partial charge in [-0.2, -0.15) is 0 Å². The zero-order chi connectivity index (χ0) is 19.9. The lowest BCUT2D eigenvalue weighted by Crippen LogP contribution is -2.30. The highest BCUT2D eigenvalue weighted by atomic mass is 32.2. The van der Waals surface area contributed by atoms with E-state index in [2.05, 4.69) is 15.6 Å². The molecule has 1 aliphatic carbocycles. The van der Waals surface area contributed by atoms with Gasteiger partial charge in [0.25, 0.3) is 0 Å². The Balaban J connectivity index is 1.60. The second-order valence-corrected chi connectivity index (χ2v) is 7.33. The van der Waals surface area contributed by atoms with Crippen molar-refractivity contribution in [3.63, 3.8) is 0 Å². The van der Waals surface area contributed by atoms with Crippen molar-refractivity contribution in [1.82, 2.24) is 14.9 Å². The number of anilines is 1. The minimum atomic E-state index is -0.224. The molecule has 0 unspecified atom stereocenters. The molecule has 2 aromatic rings. The molecule has 150 valence electrons. The van der Waals surface area contributed by atoms with Crippen molar-refractivity contribution in [3.8, 4) is 5.75 Å². The number of imidazole rings is 1. The molecule has 1 fully saturated rings. The third-order valence-corrected chi connectivity index (χ3v) is 5.09. The minimum absolute atomic E-state index is 0.0729. The second-order valence-electron chi connectivity index (χ2n) is 6.38. The molecule has 1 aromatic heterocycles. The predicted molar refractivity (Wildman–Crippen MR) is 106 cm³/mol. The number of nitrogens with one attached hydrogen (secondary N) is 2. The van der Waals surface area contributed by atoms with Gasteiger partial charge >= 0.3 is 0 Å². The van der Waals surface area contributed by atoms with Crippen LogP contribution in [0.1, 0.15) is 25.5 Å². The van der Waals surface area contributed by atoms with Crippen LogP contribution in [0.3, 0.4) is 0 Å². The number of rotatable bonds is 10. The first kappa shape index (κ1) is 20.2. The van der Waals surface area contributed by atoms with Crippen LogP contribution in [0.25, 0.3) is 0 Å². The van der Waals surface area contributed by atoms with Crippen LogP contribution in [-0.4, -0.2) is 44.9 Å². The van der Waals surface area contributed by atoms with Crippen LogP contribution in [0.15, 0.2) is 35.6 Å². The summed E-state index contributed by atoms with van der Waals surface area (Å²) in [5.41, 5.74) is 1.15. The maximum absolute atomic E-state index is 12.4. The Kier molecular flexibility index (Phi) is 6.94. The number of para-hydroxylation sites is 2. The van der Waals surface area contributed by atoms with Gasteiger partial charge in [0.1, 0.15) is 12.3 Å². The molecule has 0 bridgehead atoms. The first-order valence-corrected chi connectivity index (χ1v) is 10.2. The van der Waals surface area contributed by atoms with Gasteiger partial charge in [-0.05, 0) is 31.9 Å². The maximum atomic E-state index is 12.4. The topological polar surface area (TPSA) is 105 Å². The molecule has 0 saturated heterocycles. The molecule has 28 heavy (non-hydrogen) atoms. The summed E-state index contributed by atoms with van der Waals surface area (Å²) in [5.74, 6) is 0.406. The number of ether oxygens (including phenoxy) is 1. The van der Waals surface area contributed by atoms with Gasteiger partial charge in [0.15, 0.2) is 5.16 Å². The Bertz CT molecular complexity index is 835. The maximum Gasteiger partial charge on any atom is 0.240 e. The van der Waals surface area contributed by atoms with Crippen molar-refractivity contribution in [2.45, 2.75) is 44.1 Å². The molecule has 8 nitrogen and oxygen atoms in total. The Morgan fingerprint density at radius 1 is 1.32 bits per heavy atom. The predicted octanol–water partition coefficient (Wildman–Crippen LogP) is 1.78. The van der Waals surface area contributed by atoms with Gasteiger partial charge in [0.05, 0.1) is 36.5 Å². The molecule has 1 aliphatic rings. The minimum Gasteiger partial charge on any atom is -0.492 e. The number of carbonyl (C=O) groups is 2. The quantitative estimate of drug-likeness (QED) is 0.522. The Morgan fingerprint density at radius 2 is 2.11 bits per heavy atom. The van der Waals surface area contributed by atoms with Crippen LogP contribution < -0.4 is 15.4 Å². The normalized spacial score (nSPS) is 13.2. The fourth-order valence-corrected chi connectivity index (χ4v) is 3.41. The number of thioether (sulfide) groups is 1. The Morgan fingerprint density at radius 3 is 2.82 bits per heavy atom. The lowest BCUT2D eigenvalue weighted by Gasteiger charge is -2.12. The molecule has 1 heterocycles. The van der Waals surface area contributed by atoms with Crippen LogP contribution in [0, 0.1) is 0 Å². The zero-order valence-electron chi connectivity index (χ0n) is 15.7. The first-order valence-electron chi connectivity index (χ1n) is 9.19. The van der Waals surface area contributed by atoms with Crippen molar-refractivity contribution in [3.05, 3.63) is 36.2 Å². The van der Waals surface area contributed by atoms with E-state index in [1.54, 1.807) is 16.7 Å². The number of amides is 2. The average Bonchev–Trinajstić information content (AvgIpc) is 3.41. The number of aromatic nitrogens is 2. The summed E-state index contributed by atoms with van der Waals surface area (Å²) in [6.07, 6.45) is 3.54. The van der Waals surface area contributed by atoms with E-state index in [1.807, 2.05) is 19.1 Å². The molecule has 0 spiro atoms. The number of aliphatic hydroxyl groups is 1. The van der Waals surface area contributed by atoms with Gasteiger partial charge in [0.2, 0.25) is 11.8 Å². The summed E-state index contributed by atoms with van der Waals surface area (Å²) in [6.45, 7) is 2.24. The molecule has 1 saturated carbocycles. The van der Waals surface area contributed by atoms with Crippen LogP contribution in [0.2, 0.25) is 0 Å². The summed E-state index contributed by atoms with van der Waals surface area (Å²) in [7, 11) is 0. The zero-order valence-corrected chi connectivity index (χ0v) is 16.5. The molecular weight excluding hydrogens is 380 g/mol. The average molecular weight is 404 g/mol. The smallest absolute Gasteiger partial charge is 0.240 e. The van der Waals surface area contributed by atoms with Gasteiger partial charge in [-0.15, -0.1) is 0 Å². The molecule has 0 radical (unpaired) electrons. The Hall–Kier alpha value is -2.52. The number of carbonyl (C=O) groups excluding carboxylic acids is 2. The highest BCUT2D eigenvalue weighted by Gasteiger charge is 2.24. The van der Waals surface area contributed by atoms with Crippen molar-refractivity contribution in [2.24, 2.45) is 0 Å². The lowest BCUT2D eigenvalue weighted by atomic mass is 10.3. The van der Waals surface area contributed by atoms with Crippen LogP contribution in [0.4, 0.5) is 5.69 Å². The van der Waals surface area contributed by atoms with Crippen LogP contribution in [-0.2, 0) is 22.7 Å². The summed E-state index contributed by atoms with van der Waals surface area (Å²) in [6, 6.07) is 7.51. The first-order chi connectivity index (χ1) is 13.6. The molecule has 9 heteroatoms. The molecule has 0 aliphatic heterocycles. The number of benzene rings is 1. The molecule has 3 N–H and O–H groups in total. The van der Waals surface area contributed by atoms with E-state index in [1.165, 1.54) is 18.0 Å².